The number of carbonyl (C=O) groups is 1. The van der Waals surface area contributed by atoms with Crippen LogP contribution in [0.2, 0.25) is 0 Å². The van der Waals surface area contributed by atoms with Crippen molar-refractivity contribution in [3.8, 4) is 11.3 Å². The van der Waals surface area contributed by atoms with Gasteiger partial charge in [0.15, 0.2) is 5.13 Å². The van der Waals surface area contributed by atoms with Crippen molar-refractivity contribution >= 4 is 33.2 Å². The number of nitrogens with one attached hydrogen (secondary N) is 1. The highest BCUT2D eigenvalue weighted by atomic mass is 32.1. The zero-order valence-corrected chi connectivity index (χ0v) is 16.2. The normalized spacial score (nSPS) is 11.0. The fraction of sp³-hybridized carbons (Fsp3) is 0.182. The van der Waals surface area contributed by atoms with E-state index in [0.29, 0.717) is 10.4 Å². The second kappa shape index (κ2) is 7.37. The van der Waals surface area contributed by atoms with E-state index in [1.54, 1.807) is 6.20 Å². The Bertz CT molecular complexity index is 1080. The van der Waals surface area contributed by atoms with Gasteiger partial charge in [-0.3, -0.25) is 4.79 Å². The molecule has 0 saturated heterocycles. The summed E-state index contributed by atoms with van der Waals surface area (Å²) in [5.74, 6) is 0.0159. The fourth-order valence-corrected chi connectivity index (χ4v) is 4.44. The summed E-state index contributed by atoms with van der Waals surface area (Å²) >= 11 is 1.48. The Balaban J connectivity index is 1.86. The van der Waals surface area contributed by atoms with Crippen LogP contribution in [0, 0.1) is 0 Å². The number of nitrogens with zero attached hydrogens (tertiary/aromatic N) is 2. The van der Waals surface area contributed by atoms with Crippen LogP contribution in [0.5, 0.6) is 0 Å². The first-order chi connectivity index (χ1) is 13.2. The van der Waals surface area contributed by atoms with Gasteiger partial charge in [-0.1, -0.05) is 59.9 Å². The van der Waals surface area contributed by atoms with Crippen molar-refractivity contribution in [3.63, 3.8) is 0 Å². The number of benzene rings is 2. The van der Waals surface area contributed by atoms with Crippen LogP contribution in [-0.2, 0) is 0 Å². The van der Waals surface area contributed by atoms with E-state index in [-0.39, 0.29) is 5.78 Å². The van der Waals surface area contributed by atoms with Crippen molar-refractivity contribution in [3.05, 3.63) is 71.2 Å². The lowest BCUT2D eigenvalue weighted by atomic mass is 10.0. The molecule has 1 N–H and O–H groups in total. The van der Waals surface area contributed by atoms with Crippen LogP contribution >= 0.6 is 11.3 Å². The zero-order valence-electron chi connectivity index (χ0n) is 15.4. The Morgan fingerprint density at radius 3 is 2.48 bits per heavy atom. The molecule has 0 unspecified atom stereocenters. The summed E-state index contributed by atoms with van der Waals surface area (Å²) in [7, 11) is 0. The van der Waals surface area contributed by atoms with E-state index >= 15 is 0 Å². The third-order valence-corrected chi connectivity index (χ3v) is 5.85. The number of aromatic nitrogens is 2. The number of carbonyl (C=O) groups excluding carboxylic acids is 1. The van der Waals surface area contributed by atoms with Crippen LogP contribution in [0.25, 0.3) is 22.2 Å². The Kier molecular flexibility index (Phi) is 4.77. The van der Waals surface area contributed by atoms with Gasteiger partial charge in [0.25, 0.3) is 0 Å². The number of anilines is 1. The van der Waals surface area contributed by atoms with E-state index in [1.807, 2.05) is 54.6 Å². The highest BCUT2D eigenvalue weighted by molar-refractivity contribution is 7.18. The van der Waals surface area contributed by atoms with E-state index in [2.05, 4.69) is 23.7 Å². The second-order valence-electron chi connectivity index (χ2n) is 6.29. The van der Waals surface area contributed by atoms with Gasteiger partial charge in [0, 0.05) is 41.3 Å². The zero-order chi connectivity index (χ0) is 18.8. The molecule has 0 aliphatic carbocycles. The van der Waals surface area contributed by atoms with E-state index in [1.165, 1.54) is 11.3 Å². The molecule has 4 aromatic rings. The summed E-state index contributed by atoms with van der Waals surface area (Å²) in [5.41, 5.74) is 3.39. The summed E-state index contributed by atoms with van der Waals surface area (Å²) in [5, 5.41) is 1.83. The molecule has 0 atom stereocenters. The minimum Gasteiger partial charge on any atom is -0.360 e. The molecule has 0 spiro atoms. The lowest BCUT2D eigenvalue weighted by molar-refractivity contribution is 0.104. The largest absolute Gasteiger partial charge is 0.360 e. The molecule has 27 heavy (non-hydrogen) atoms. The van der Waals surface area contributed by atoms with E-state index in [9.17, 15) is 4.79 Å². The molecule has 0 aliphatic rings. The minimum absolute atomic E-state index is 0.0159. The van der Waals surface area contributed by atoms with E-state index in [0.717, 1.165) is 40.4 Å². The van der Waals surface area contributed by atoms with Crippen LogP contribution in [0.15, 0.2) is 60.8 Å². The SMILES string of the molecule is CCN(CC)c1nc(-c2ccccc2)c(C(=O)c2c[nH]c3ccccc23)s1. The van der Waals surface area contributed by atoms with Crippen molar-refractivity contribution in [2.24, 2.45) is 0 Å². The van der Waals surface area contributed by atoms with Crippen molar-refractivity contribution in [1.29, 1.82) is 0 Å². The molecular weight excluding hydrogens is 354 g/mol. The van der Waals surface area contributed by atoms with Crippen LogP contribution in [-0.4, -0.2) is 28.8 Å². The quantitative estimate of drug-likeness (QED) is 0.461. The predicted molar refractivity (Wildman–Crippen MR) is 113 cm³/mol. The van der Waals surface area contributed by atoms with Gasteiger partial charge < -0.3 is 9.88 Å². The van der Waals surface area contributed by atoms with Gasteiger partial charge >= 0.3 is 0 Å². The molecular formula is C22H21N3OS. The van der Waals surface area contributed by atoms with Gasteiger partial charge in [-0.15, -0.1) is 0 Å². The number of thiazole rings is 1. The molecule has 4 rings (SSSR count). The van der Waals surface area contributed by atoms with Crippen LogP contribution in [0.1, 0.15) is 29.1 Å². The minimum atomic E-state index is 0.0159. The van der Waals surface area contributed by atoms with Crippen LogP contribution in [0.4, 0.5) is 5.13 Å². The van der Waals surface area contributed by atoms with Gasteiger partial charge in [0.1, 0.15) is 4.88 Å². The molecule has 2 aromatic carbocycles. The lowest BCUT2D eigenvalue weighted by Crippen LogP contribution is -2.21. The Morgan fingerprint density at radius 1 is 1.04 bits per heavy atom. The number of aromatic amines is 1. The maximum Gasteiger partial charge on any atom is 0.207 e. The standard InChI is InChI=1S/C22H21N3OS/c1-3-25(4-2)22-24-19(15-10-6-5-7-11-15)21(27-22)20(26)17-14-23-18-13-9-8-12-16(17)18/h5-14,23H,3-4H2,1-2H3. The molecule has 0 aliphatic heterocycles. The van der Waals surface area contributed by atoms with Gasteiger partial charge in [0.2, 0.25) is 5.78 Å². The number of para-hydroxylation sites is 1. The number of H-pyrrole nitrogens is 1. The highest BCUT2D eigenvalue weighted by Gasteiger charge is 2.24. The maximum atomic E-state index is 13.5. The number of hydrogen-bond donors (Lipinski definition) is 1. The molecule has 4 nitrogen and oxygen atoms in total. The molecule has 136 valence electrons. The summed E-state index contributed by atoms with van der Waals surface area (Å²) in [4.78, 5) is 24.4. The number of ketones is 1. The Labute approximate surface area is 162 Å². The highest BCUT2D eigenvalue weighted by Crippen LogP contribution is 2.35. The maximum absolute atomic E-state index is 13.5. The number of hydrogen-bond acceptors (Lipinski definition) is 4. The summed E-state index contributed by atoms with van der Waals surface area (Å²) in [6, 6.07) is 17.8. The van der Waals surface area contributed by atoms with Gasteiger partial charge in [-0.2, -0.15) is 0 Å². The van der Waals surface area contributed by atoms with Gasteiger partial charge in [-0.05, 0) is 19.9 Å². The summed E-state index contributed by atoms with van der Waals surface area (Å²) in [6.45, 7) is 5.93. The molecule has 5 heteroatoms. The molecule has 2 heterocycles. The smallest absolute Gasteiger partial charge is 0.207 e. The molecule has 0 radical (unpaired) electrons. The summed E-state index contributed by atoms with van der Waals surface area (Å²) in [6.07, 6.45) is 1.80. The monoisotopic (exact) mass is 375 g/mol. The Hall–Kier alpha value is -2.92. The average Bonchev–Trinajstić information content (AvgIpc) is 3.34. The number of fused-ring (bicyclic) bond motifs is 1. The average molecular weight is 375 g/mol. The van der Waals surface area contributed by atoms with E-state index in [4.69, 9.17) is 4.98 Å². The van der Waals surface area contributed by atoms with Crippen LogP contribution in [0.3, 0.4) is 0 Å². The third kappa shape index (κ3) is 3.15. The molecule has 0 bridgehead atoms. The first-order valence-electron chi connectivity index (χ1n) is 9.15. The third-order valence-electron chi connectivity index (χ3n) is 4.74. The second-order valence-corrected chi connectivity index (χ2v) is 7.27. The van der Waals surface area contributed by atoms with Crippen LogP contribution < -0.4 is 4.90 Å². The number of rotatable bonds is 6. The first-order valence-corrected chi connectivity index (χ1v) is 9.96. The van der Waals surface area contributed by atoms with Gasteiger partial charge in [-0.25, -0.2) is 4.98 Å². The fourth-order valence-electron chi connectivity index (χ4n) is 3.27. The molecule has 0 fully saturated rings. The molecule has 0 saturated carbocycles. The Morgan fingerprint density at radius 2 is 1.74 bits per heavy atom. The molecule has 0 amide bonds. The summed E-state index contributed by atoms with van der Waals surface area (Å²) < 4.78 is 0. The topological polar surface area (TPSA) is 49.0 Å². The predicted octanol–water partition coefficient (Wildman–Crippen LogP) is 5.37. The van der Waals surface area contributed by atoms with Crippen molar-refractivity contribution in [2.75, 3.05) is 18.0 Å². The lowest BCUT2D eigenvalue weighted by Gasteiger charge is -2.16. The van der Waals surface area contributed by atoms with Crippen molar-refractivity contribution in [2.45, 2.75) is 13.8 Å². The van der Waals surface area contributed by atoms with E-state index < -0.39 is 0 Å². The first kappa shape index (κ1) is 17.5. The van der Waals surface area contributed by atoms with Gasteiger partial charge in [0.05, 0.1) is 5.69 Å². The van der Waals surface area contributed by atoms with Crippen molar-refractivity contribution in [1.82, 2.24) is 9.97 Å². The molecule has 2 aromatic heterocycles. The van der Waals surface area contributed by atoms with Crippen molar-refractivity contribution < 1.29 is 4.79 Å².